The van der Waals surface area contributed by atoms with E-state index in [1.807, 2.05) is 43.0 Å². The molecule has 1 aromatic carbocycles. The lowest BCUT2D eigenvalue weighted by molar-refractivity contribution is 0.0769. The number of rotatable bonds is 5. The molecule has 1 aliphatic heterocycles. The average molecular weight is 457 g/mol. The lowest BCUT2D eigenvalue weighted by Gasteiger charge is -2.25. The molecule has 1 aliphatic rings. The van der Waals surface area contributed by atoms with E-state index in [0.717, 1.165) is 5.56 Å². The number of ether oxygens (including phenoxy) is 1. The number of halogens is 2. The third-order valence-corrected chi connectivity index (χ3v) is 6.06. The van der Waals surface area contributed by atoms with Gasteiger partial charge in [-0.1, -0.05) is 35.3 Å². The van der Waals surface area contributed by atoms with E-state index in [-0.39, 0.29) is 23.8 Å². The molecule has 31 heavy (non-hydrogen) atoms. The van der Waals surface area contributed by atoms with Crippen molar-refractivity contribution < 1.29 is 9.53 Å². The maximum Gasteiger partial charge on any atom is 0.255 e. The van der Waals surface area contributed by atoms with Crippen LogP contribution in [0.1, 0.15) is 34.5 Å². The molecule has 4 rings (SSSR count). The molecule has 3 heterocycles. The van der Waals surface area contributed by atoms with E-state index in [4.69, 9.17) is 27.9 Å². The predicted octanol–water partition coefficient (Wildman–Crippen LogP) is 4.81. The number of carbonyl (C=O) groups is 1. The van der Waals surface area contributed by atoms with Gasteiger partial charge in [-0.25, -0.2) is 4.98 Å². The first-order chi connectivity index (χ1) is 14.9. The summed E-state index contributed by atoms with van der Waals surface area (Å²) in [5.74, 6) is 0.611. The summed E-state index contributed by atoms with van der Waals surface area (Å²) in [6.07, 6.45) is 2.89. The minimum Gasteiger partial charge on any atom is -0.474 e. The van der Waals surface area contributed by atoms with Crippen LogP contribution in [-0.4, -0.2) is 45.2 Å². The Hall–Kier alpha value is -2.70. The molecule has 0 aliphatic carbocycles. The standard InChI is InChI=1S/C23H22Cl2N4O2/c1-14-9-17(10-27-28-14)23(30)29-12-20(15(2)31-22-8-7-19(25)11-26-22)21(13-29)16-3-5-18(24)6-4-16/h3-11,15,20-21H,12-13H2,1-2H3/t15-,20+,21-/m0/s1. The Morgan fingerprint density at radius 2 is 1.84 bits per heavy atom. The number of amides is 1. The highest BCUT2D eigenvalue weighted by Gasteiger charge is 2.40. The van der Waals surface area contributed by atoms with Gasteiger partial charge in [-0.2, -0.15) is 10.2 Å². The van der Waals surface area contributed by atoms with Crippen molar-refractivity contribution in [2.24, 2.45) is 5.92 Å². The zero-order valence-electron chi connectivity index (χ0n) is 17.2. The molecular formula is C23H22Cl2N4O2. The molecule has 160 valence electrons. The van der Waals surface area contributed by atoms with Crippen LogP contribution in [0.3, 0.4) is 0 Å². The zero-order chi connectivity index (χ0) is 22.0. The van der Waals surface area contributed by atoms with Crippen LogP contribution in [0, 0.1) is 12.8 Å². The molecule has 0 radical (unpaired) electrons. The summed E-state index contributed by atoms with van der Waals surface area (Å²) in [5, 5.41) is 9.10. The van der Waals surface area contributed by atoms with Gasteiger partial charge in [0.15, 0.2) is 0 Å². The first kappa shape index (κ1) is 21.5. The maximum absolute atomic E-state index is 13.2. The van der Waals surface area contributed by atoms with Crippen LogP contribution < -0.4 is 4.74 Å². The smallest absolute Gasteiger partial charge is 0.255 e. The molecule has 0 N–H and O–H groups in total. The second-order valence-corrected chi connectivity index (χ2v) is 8.63. The van der Waals surface area contributed by atoms with Crippen molar-refractivity contribution in [3.05, 3.63) is 81.7 Å². The summed E-state index contributed by atoms with van der Waals surface area (Å²) in [6, 6.07) is 13.0. The van der Waals surface area contributed by atoms with E-state index in [1.54, 1.807) is 24.4 Å². The Bertz CT molecular complexity index is 1060. The fourth-order valence-corrected chi connectivity index (χ4v) is 4.25. The van der Waals surface area contributed by atoms with Gasteiger partial charge in [0.2, 0.25) is 5.88 Å². The Balaban J connectivity index is 1.59. The molecule has 6 nitrogen and oxygen atoms in total. The SMILES string of the molecule is Cc1cc(C(=O)N2C[C@H]([C@H](C)Oc3ccc(Cl)cn3)[C@H](c3ccc(Cl)cc3)C2)cnn1. The Morgan fingerprint density at radius 3 is 2.52 bits per heavy atom. The summed E-state index contributed by atoms with van der Waals surface area (Å²) in [7, 11) is 0. The molecular weight excluding hydrogens is 435 g/mol. The highest BCUT2D eigenvalue weighted by atomic mass is 35.5. The van der Waals surface area contributed by atoms with E-state index in [2.05, 4.69) is 15.2 Å². The van der Waals surface area contributed by atoms with E-state index >= 15 is 0 Å². The average Bonchev–Trinajstić information content (AvgIpc) is 3.21. The molecule has 8 heteroatoms. The normalized spacial score (nSPS) is 19.3. The van der Waals surface area contributed by atoms with Gasteiger partial charge >= 0.3 is 0 Å². The fraction of sp³-hybridized carbons (Fsp3) is 0.304. The van der Waals surface area contributed by atoms with Gasteiger partial charge in [0.05, 0.1) is 22.5 Å². The van der Waals surface area contributed by atoms with Gasteiger partial charge in [0, 0.05) is 42.2 Å². The molecule has 1 amide bonds. The van der Waals surface area contributed by atoms with Crippen molar-refractivity contribution >= 4 is 29.1 Å². The van der Waals surface area contributed by atoms with E-state index in [0.29, 0.717) is 40.3 Å². The van der Waals surface area contributed by atoms with E-state index in [9.17, 15) is 4.79 Å². The van der Waals surface area contributed by atoms with Crippen molar-refractivity contribution in [3.8, 4) is 5.88 Å². The van der Waals surface area contributed by atoms with Crippen LogP contribution in [0.15, 0.2) is 54.9 Å². The molecule has 2 aromatic heterocycles. The van der Waals surface area contributed by atoms with Crippen LogP contribution in [0.5, 0.6) is 5.88 Å². The number of pyridine rings is 1. The second-order valence-electron chi connectivity index (χ2n) is 7.76. The van der Waals surface area contributed by atoms with Crippen LogP contribution in [0.25, 0.3) is 0 Å². The number of benzene rings is 1. The summed E-state index contributed by atoms with van der Waals surface area (Å²) < 4.78 is 6.13. The quantitative estimate of drug-likeness (QED) is 0.550. The van der Waals surface area contributed by atoms with Gasteiger partial charge in [0.1, 0.15) is 6.10 Å². The predicted molar refractivity (Wildman–Crippen MR) is 120 cm³/mol. The van der Waals surface area contributed by atoms with Gasteiger partial charge in [-0.15, -0.1) is 0 Å². The van der Waals surface area contributed by atoms with Gasteiger partial charge in [-0.05, 0) is 43.7 Å². The first-order valence-electron chi connectivity index (χ1n) is 10.0. The summed E-state index contributed by atoms with van der Waals surface area (Å²) in [6.45, 7) is 4.97. The highest BCUT2D eigenvalue weighted by Crippen LogP contribution is 2.37. The molecule has 0 spiro atoms. The number of nitrogens with zero attached hydrogens (tertiary/aromatic N) is 4. The van der Waals surface area contributed by atoms with E-state index in [1.165, 1.54) is 6.20 Å². The second kappa shape index (κ2) is 9.20. The van der Waals surface area contributed by atoms with Gasteiger partial charge < -0.3 is 9.64 Å². The molecule has 3 aromatic rings. The molecule has 1 saturated heterocycles. The minimum absolute atomic E-state index is 0.0590. The van der Waals surface area contributed by atoms with Crippen molar-refractivity contribution in [2.45, 2.75) is 25.9 Å². The molecule has 0 unspecified atom stereocenters. The van der Waals surface area contributed by atoms with E-state index < -0.39 is 0 Å². The summed E-state index contributed by atoms with van der Waals surface area (Å²) >= 11 is 12.0. The summed E-state index contributed by atoms with van der Waals surface area (Å²) in [4.78, 5) is 19.3. The minimum atomic E-state index is -0.176. The summed E-state index contributed by atoms with van der Waals surface area (Å²) in [5.41, 5.74) is 2.37. The van der Waals surface area contributed by atoms with Crippen LogP contribution in [-0.2, 0) is 0 Å². The van der Waals surface area contributed by atoms with Gasteiger partial charge in [0.25, 0.3) is 5.91 Å². The molecule has 0 bridgehead atoms. The number of aryl methyl sites for hydroxylation is 1. The van der Waals surface area contributed by atoms with Crippen LogP contribution in [0.4, 0.5) is 0 Å². The molecule has 0 saturated carbocycles. The van der Waals surface area contributed by atoms with Crippen molar-refractivity contribution in [1.29, 1.82) is 0 Å². The van der Waals surface area contributed by atoms with Gasteiger partial charge in [-0.3, -0.25) is 4.79 Å². The first-order valence-corrected chi connectivity index (χ1v) is 10.8. The largest absolute Gasteiger partial charge is 0.474 e. The third kappa shape index (κ3) is 4.97. The Labute approximate surface area is 191 Å². The Morgan fingerprint density at radius 1 is 1.10 bits per heavy atom. The molecule has 1 fully saturated rings. The zero-order valence-corrected chi connectivity index (χ0v) is 18.7. The highest BCUT2D eigenvalue weighted by molar-refractivity contribution is 6.30. The van der Waals surface area contributed by atoms with Crippen molar-refractivity contribution in [3.63, 3.8) is 0 Å². The maximum atomic E-state index is 13.2. The lowest BCUT2D eigenvalue weighted by Crippen LogP contribution is -2.32. The van der Waals surface area contributed by atoms with Crippen LogP contribution >= 0.6 is 23.2 Å². The number of likely N-dealkylation sites (tertiary alicyclic amines) is 1. The van der Waals surface area contributed by atoms with Crippen LogP contribution in [0.2, 0.25) is 10.0 Å². The fourth-order valence-electron chi connectivity index (χ4n) is 4.02. The topological polar surface area (TPSA) is 68.2 Å². The molecule has 3 atom stereocenters. The van der Waals surface area contributed by atoms with Crippen molar-refractivity contribution in [1.82, 2.24) is 20.1 Å². The number of aromatic nitrogens is 3. The number of carbonyl (C=O) groups excluding carboxylic acids is 1. The Kier molecular flexibility index (Phi) is 6.39. The van der Waals surface area contributed by atoms with Crippen molar-refractivity contribution in [2.75, 3.05) is 13.1 Å². The number of hydrogen-bond acceptors (Lipinski definition) is 5. The monoisotopic (exact) mass is 456 g/mol. The number of hydrogen-bond donors (Lipinski definition) is 0. The lowest BCUT2D eigenvalue weighted by atomic mass is 9.86. The third-order valence-electron chi connectivity index (χ3n) is 5.58.